The van der Waals surface area contributed by atoms with Gasteiger partial charge in [0.1, 0.15) is 6.10 Å². The van der Waals surface area contributed by atoms with Crippen molar-refractivity contribution in [1.29, 1.82) is 0 Å². The van der Waals surface area contributed by atoms with Crippen LogP contribution in [-0.2, 0) is 0 Å². The van der Waals surface area contributed by atoms with Gasteiger partial charge >= 0.3 is 0 Å². The van der Waals surface area contributed by atoms with E-state index < -0.39 is 6.10 Å². The van der Waals surface area contributed by atoms with Crippen LogP contribution in [0.5, 0.6) is 0 Å². The van der Waals surface area contributed by atoms with Crippen LogP contribution in [0.4, 0.5) is 11.4 Å². The summed E-state index contributed by atoms with van der Waals surface area (Å²) < 4.78 is 0. The van der Waals surface area contributed by atoms with Crippen LogP contribution < -0.4 is 11.5 Å². The Morgan fingerprint density at radius 1 is 1.31 bits per heavy atom. The maximum absolute atomic E-state index is 11.3. The lowest BCUT2D eigenvalue weighted by Crippen LogP contribution is -2.16. The summed E-state index contributed by atoms with van der Waals surface area (Å²) in [6, 6.07) is 4.54. The molecule has 1 unspecified atom stereocenters. The molecule has 0 saturated carbocycles. The molecule has 1 aromatic rings. The molecule has 1 rings (SSSR count). The van der Waals surface area contributed by atoms with E-state index in [0.29, 0.717) is 16.9 Å². The molecule has 0 heterocycles. The Labute approximate surface area is 76.2 Å². The van der Waals surface area contributed by atoms with Gasteiger partial charge in [-0.2, -0.15) is 0 Å². The van der Waals surface area contributed by atoms with Crippen molar-refractivity contribution in [3.8, 4) is 0 Å². The highest BCUT2D eigenvalue weighted by Crippen LogP contribution is 2.15. The van der Waals surface area contributed by atoms with Gasteiger partial charge in [0.15, 0.2) is 5.78 Å². The van der Waals surface area contributed by atoms with Gasteiger partial charge in [0.2, 0.25) is 0 Å². The summed E-state index contributed by atoms with van der Waals surface area (Å²) in [6.07, 6.45) is -1.03. The van der Waals surface area contributed by atoms with Gasteiger partial charge in [-0.3, -0.25) is 4.79 Å². The third kappa shape index (κ3) is 2.19. The first kappa shape index (κ1) is 9.54. The number of aliphatic hydroxyl groups excluding tert-OH is 1. The maximum Gasteiger partial charge on any atom is 0.191 e. The van der Waals surface area contributed by atoms with Crippen molar-refractivity contribution in [1.82, 2.24) is 0 Å². The monoisotopic (exact) mass is 180 g/mol. The molecule has 13 heavy (non-hydrogen) atoms. The van der Waals surface area contributed by atoms with Crippen LogP contribution in [0.15, 0.2) is 18.2 Å². The number of nitrogens with two attached hydrogens (primary N) is 2. The number of benzene rings is 1. The third-order valence-corrected chi connectivity index (χ3v) is 1.64. The van der Waals surface area contributed by atoms with Crippen molar-refractivity contribution < 1.29 is 9.90 Å². The molecular weight excluding hydrogens is 168 g/mol. The van der Waals surface area contributed by atoms with Gasteiger partial charge in [-0.15, -0.1) is 0 Å². The lowest BCUT2D eigenvalue weighted by Gasteiger charge is -2.05. The van der Waals surface area contributed by atoms with E-state index in [9.17, 15) is 4.79 Å². The molecule has 5 N–H and O–H groups in total. The molecule has 0 spiro atoms. The summed E-state index contributed by atoms with van der Waals surface area (Å²) in [5.74, 6) is -0.376. The second-order valence-electron chi connectivity index (χ2n) is 2.93. The van der Waals surface area contributed by atoms with Gasteiger partial charge in [0, 0.05) is 16.9 Å². The van der Waals surface area contributed by atoms with E-state index in [-0.39, 0.29) is 5.78 Å². The van der Waals surface area contributed by atoms with Crippen LogP contribution in [0.25, 0.3) is 0 Å². The van der Waals surface area contributed by atoms with Crippen LogP contribution in [0.2, 0.25) is 0 Å². The fourth-order valence-electron chi connectivity index (χ4n) is 1.06. The van der Waals surface area contributed by atoms with Crippen molar-refractivity contribution in [2.24, 2.45) is 0 Å². The minimum absolute atomic E-state index is 0.340. The summed E-state index contributed by atoms with van der Waals surface area (Å²) >= 11 is 0. The Balaban J connectivity index is 3.08. The second kappa shape index (κ2) is 3.45. The highest BCUT2D eigenvalue weighted by molar-refractivity contribution is 6.00. The Hall–Kier alpha value is -1.55. The number of ketones is 1. The van der Waals surface area contributed by atoms with Crippen molar-refractivity contribution in [2.75, 3.05) is 11.5 Å². The molecule has 0 aliphatic carbocycles. The normalized spacial score (nSPS) is 12.5. The van der Waals surface area contributed by atoms with Crippen molar-refractivity contribution in [3.05, 3.63) is 23.8 Å². The molecule has 0 radical (unpaired) electrons. The fourth-order valence-corrected chi connectivity index (χ4v) is 1.06. The molecule has 1 aromatic carbocycles. The molecule has 1 atom stereocenters. The second-order valence-corrected chi connectivity index (χ2v) is 2.93. The molecule has 0 fully saturated rings. The fraction of sp³-hybridized carbons (Fsp3) is 0.222. The Morgan fingerprint density at radius 3 is 2.15 bits per heavy atom. The quantitative estimate of drug-likeness (QED) is 0.454. The van der Waals surface area contributed by atoms with Gasteiger partial charge in [-0.05, 0) is 25.1 Å². The van der Waals surface area contributed by atoms with Gasteiger partial charge in [0.25, 0.3) is 0 Å². The summed E-state index contributed by atoms with van der Waals surface area (Å²) in [4.78, 5) is 11.3. The van der Waals surface area contributed by atoms with Crippen LogP contribution in [0.3, 0.4) is 0 Å². The van der Waals surface area contributed by atoms with Gasteiger partial charge in [-0.1, -0.05) is 0 Å². The predicted octanol–water partition coefficient (Wildman–Crippen LogP) is 0.415. The molecule has 0 saturated heterocycles. The van der Waals surface area contributed by atoms with E-state index in [1.807, 2.05) is 0 Å². The molecule has 0 bridgehead atoms. The largest absolute Gasteiger partial charge is 0.399 e. The van der Waals surface area contributed by atoms with E-state index in [1.54, 1.807) is 6.07 Å². The standard InChI is InChI=1S/C9H12N2O2/c1-5(12)9(13)6-2-7(10)4-8(11)3-6/h2-5,12H,10-11H2,1H3. The molecular formula is C9H12N2O2. The number of hydrogen-bond donors (Lipinski definition) is 3. The Kier molecular flexibility index (Phi) is 2.53. The zero-order chi connectivity index (χ0) is 10.0. The van der Waals surface area contributed by atoms with Crippen molar-refractivity contribution >= 4 is 17.2 Å². The van der Waals surface area contributed by atoms with Gasteiger partial charge in [-0.25, -0.2) is 0 Å². The lowest BCUT2D eigenvalue weighted by molar-refractivity contribution is 0.0779. The Bertz CT molecular complexity index is 314. The highest BCUT2D eigenvalue weighted by Gasteiger charge is 2.12. The number of aliphatic hydroxyl groups is 1. The predicted molar refractivity (Wildman–Crippen MR) is 51.3 cm³/mol. The lowest BCUT2D eigenvalue weighted by atomic mass is 10.1. The van der Waals surface area contributed by atoms with Crippen molar-refractivity contribution in [3.63, 3.8) is 0 Å². The van der Waals surface area contributed by atoms with E-state index >= 15 is 0 Å². The molecule has 0 amide bonds. The zero-order valence-electron chi connectivity index (χ0n) is 7.32. The minimum Gasteiger partial charge on any atom is -0.399 e. The highest BCUT2D eigenvalue weighted by atomic mass is 16.3. The van der Waals surface area contributed by atoms with Crippen LogP contribution in [-0.4, -0.2) is 17.0 Å². The summed E-state index contributed by atoms with van der Waals surface area (Å²) in [7, 11) is 0. The Morgan fingerprint density at radius 2 is 1.77 bits per heavy atom. The number of carbonyl (C=O) groups excluding carboxylic acids is 1. The first-order valence-electron chi connectivity index (χ1n) is 3.89. The molecule has 70 valence electrons. The average Bonchev–Trinajstić information content (AvgIpc) is 2.01. The zero-order valence-corrected chi connectivity index (χ0v) is 7.32. The molecule has 0 aliphatic rings. The van der Waals surface area contributed by atoms with Gasteiger partial charge in [0.05, 0.1) is 0 Å². The minimum atomic E-state index is -1.03. The number of nitrogen functional groups attached to an aromatic ring is 2. The molecule has 4 nitrogen and oxygen atoms in total. The van der Waals surface area contributed by atoms with E-state index in [4.69, 9.17) is 16.6 Å². The molecule has 0 aliphatic heterocycles. The van der Waals surface area contributed by atoms with Crippen LogP contribution in [0.1, 0.15) is 17.3 Å². The summed E-state index contributed by atoms with van der Waals surface area (Å²) in [5, 5.41) is 9.02. The SMILES string of the molecule is CC(O)C(=O)c1cc(N)cc(N)c1. The first-order valence-corrected chi connectivity index (χ1v) is 3.89. The summed E-state index contributed by atoms with van der Waals surface area (Å²) in [5.41, 5.74) is 12.1. The van der Waals surface area contributed by atoms with E-state index in [0.717, 1.165) is 0 Å². The van der Waals surface area contributed by atoms with E-state index in [2.05, 4.69) is 0 Å². The molecule has 4 heteroatoms. The van der Waals surface area contributed by atoms with Gasteiger partial charge < -0.3 is 16.6 Å². The first-order chi connectivity index (χ1) is 6.00. The number of anilines is 2. The number of Topliss-reactive ketones (excluding diaryl/α,β-unsaturated/α-hetero) is 1. The number of carbonyl (C=O) groups is 1. The van der Waals surface area contributed by atoms with Crippen LogP contribution in [0, 0.1) is 0 Å². The number of hydrogen-bond acceptors (Lipinski definition) is 4. The summed E-state index contributed by atoms with van der Waals surface area (Å²) in [6.45, 7) is 1.40. The van der Waals surface area contributed by atoms with E-state index in [1.165, 1.54) is 19.1 Å². The maximum atomic E-state index is 11.3. The smallest absolute Gasteiger partial charge is 0.191 e. The topological polar surface area (TPSA) is 89.3 Å². The van der Waals surface area contributed by atoms with Crippen molar-refractivity contribution in [2.45, 2.75) is 13.0 Å². The van der Waals surface area contributed by atoms with Crippen LogP contribution >= 0.6 is 0 Å². The average molecular weight is 180 g/mol. The third-order valence-electron chi connectivity index (χ3n) is 1.64. The number of rotatable bonds is 2. The molecule has 0 aromatic heterocycles.